The third-order valence-electron chi connectivity index (χ3n) is 2.11. The molecule has 6 heteroatoms. The molecule has 0 aromatic carbocycles. The van der Waals surface area contributed by atoms with E-state index < -0.39 is 9.84 Å². The van der Waals surface area contributed by atoms with Gasteiger partial charge in [0.2, 0.25) is 0 Å². The van der Waals surface area contributed by atoms with Crippen LogP contribution in [0.15, 0.2) is 0 Å². The van der Waals surface area contributed by atoms with Crippen molar-refractivity contribution in [2.45, 2.75) is 32.4 Å². The van der Waals surface area contributed by atoms with E-state index in [2.05, 4.69) is 11.1 Å². The van der Waals surface area contributed by atoms with Crippen LogP contribution < -0.4 is 0 Å². The number of sulfone groups is 1. The van der Waals surface area contributed by atoms with Gasteiger partial charge in [0, 0.05) is 5.75 Å². The Morgan fingerprint density at radius 2 is 2.12 bits per heavy atom. The topological polar surface area (TPSA) is 70.8 Å². The van der Waals surface area contributed by atoms with Crippen LogP contribution in [0.5, 0.6) is 0 Å². The van der Waals surface area contributed by atoms with E-state index >= 15 is 0 Å². The van der Waals surface area contributed by atoms with Crippen molar-refractivity contribution in [2.24, 2.45) is 0 Å². The zero-order chi connectivity index (χ0) is 12.2. The second kappa shape index (κ2) is 5.41. The molecule has 0 aliphatic rings. The van der Waals surface area contributed by atoms with Gasteiger partial charge in [0.25, 0.3) is 0 Å². The van der Waals surface area contributed by atoms with Crippen LogP contribution in [0.1, 0.15) is 35.8 Å². The monoisotopic (exact) mass is 258 g/mol. The minimum atomic E-state index is -3.06. The predicted octanol–water partition coefficient (Wildman–Crippen LogP) is 1.90. The zero-order valence-electron chi connectivity index (χ0n) is 9.36. The van der Waals surface area contributed by atoms with Gasteiger partial charge < -0.3 is 0 Å². The van der Waals surface area contributed by atoms with Crippen molar-refractivity contribution >= 4 is 21.2 Å². The van der Waals surface area contributed by atoms with Gasteiger partial charge in [-0.2, -0.15) is 5.26 Å². The Morgan fingerprint density at radius 3 is 2.62 bits per heavy atom. The SMILES string of the molecule is CCCc1nc(CS(=O)(=O)CC)sc1C#N. The van der Waals surface area contributed by atoms with E-state index in [1.807, 2.05) is 6.92 Å². The van der Waals surface area contributed by atoms with E-state index in [1.54, 1.807) is 6.92 Å². The first-order valence-corrected chi connectivity index (χ1v) is 7.75. The third kappa shape index (κ3) is 3.29. The summed E-state index contributed by atoms with van der Waals surface area (Å²) >= 11 is 1.19. The van der Waals surface area contributed by atoms with Crippen molar-refractivity contribution in [3.05, 3.63) is 15.6 Å². The van der Waals surface area contributed by atoms with Crippen LogP contribution in [-0.4, -0.2) is 19.2 Å². The third-order valence-corrected chi connectivity index (χ3v) is 4.89. The van der Waals surface area contributed by atoms with Crippen LogP contribution in [0.3, 0.4) is 0 Å². The predicted molar refractivity (Wildman–Crippen MR) is 64.0 cm³/mol. The molecule has 0 saturated carbocycles. The maximum Gasteiger partial charge on any atom is 0.156 e. The molecule has 0 bridgehead atoms. The first-order chi connectivity index (χ1) is 7.52. The standard InChI is InChI=1S/C10H14N2O2S2/c1-3-5-8-9(6-11)15-10(12-8)7-16(13,14)4-2/h3-5,7H2,1-2H3. The normalized spacial score (nSPS) is 11.3. The Balaban J connectivity index is 2.96. The van der Waals surface area contributed by atoms with Crippen LogP contribution in [0.4, 0.5) is 0 Å². The number of nitriles is 1. The summed E-state index contributed by atoms with van der Waals surface area (Å²) in [5.41, 5.74) is 0.733. The summed E-state index contributed by atoms with van der Waals surface area (Å²) in [4.78, 5) is 4.77. The van der Waals surface area contributed by atoms with Gasteiger partial charge in [-0.15, -0.1) is 11.3 Å². The van der Waals surface area contributed by atoms with Gasteiger partial charge in [0.1, 0.15) is 21.7 Å². The molecule has 0 aliphatic heterocycles. The fraction of sp³-hybridized carbons (Fsp3) is 0.600. The Labute approximate surface area is 99.9 Å². The minimum absolute atomic E-state index is 0.0490. The number of aromatic nitrogens is 1. The smallest absolute Gasteiger partial charge is 0.156 e. The molecule has 0 saturated heterocycles. The van der Waals surface area contributed by atoms with E-state index in [-0.39, 0.29) is 11.5 Å². The highest BCUT2D eigenvalue weighted by atomic mass is 32.2. The fourth-order valence-corrected chi connectivity index (χ4v) is 3.37. The van der Waals surface area contributed by atoms with Gasteiger partial charge in [-0.3, -0.25) is 0 Å². The molecule has 0 aliphatic carbocycles. The Morgan fingerprint density at radius 1 is 1.44 bits per heavy atom. The van der Waals surface area contributed by atoms with Crippen molar-refractivity contribution in [3.8, 4) is 6.07 Å². The highest BCUT2D eigenvalue weighted by Gasteiger charge is 2.15. The van der Waals surface area contributed by atoms with Gasteiger partial charge in [0.05, 0.1) is 5.69 Å². The van der Waals surface area contributed by atoms with Gasteiger partial charge in [0.15, 0.2) is 9.84 Å². The van der Waals surface area contributed by atoms with Crippen LogP contribution >= 0.6 is 11.3 Å². The second-order valence-electron chi connectivity index (χ2n) is 3.42. The molecule has 0 spiro atoms. The van der Waals surface area contributed by atoms with Crippen LogP contribution in [-0.2, 0) is 22.0 Å². The largest absolute Gasteiger partial charge is 0.244 e. The molecule has 0 amide bonds. The first kappa shape index (κ1) is 13.1. The molecule has 0 radical (unpaired) electrons. The molecule has 1 heterocycles. The van der Waals surface area contributed by atoms with Gasteiger partial charge >= 0.3 is 0 Å². The molecule has 1 aromatic heterocycles. The maximum atomic E-state index is 11.4. The lowest BCUT2D eigenvalue weighted by molar-refractivity contribution is 0.596. The van der Waals surface area contributed by atoms with Crippen molar-refractivity contribution in [1.82, 2.24) is 4.98 Å². The summed E-state index contributed by atoms with van der Waals surface area (Å²) in [6.45, 7) is 3.62. The quantitative estimate of drug-likeness (QED) is 0.808. The van der Waals surface area contributed by atoms with E-state index in [4.69, 9.17) is 5.26 Å². The molecular weight excluding hydrogens is 244 g/mol. The molecule has 88 valence electrons. The second-order valence-corrected chi connectivity index (χ2v) is 6.86. The summed E-state index contributed by atoms with van der Waals surface area (Å²) in [6, 6.07) is 2.07. The first-order valence-electron chi connectivity index (χ1n) is 5.11. The summed E-state index contributed by atoms with van der Waals surface area (Å²) in [5.74, 6) is 0.0597. The number of rotatable bonds is 5. The fourth-order valence-electron chi connectivity index (χ4n) is 1.25. The molecule has 1 rings (SSSR count). The lowest BCUT2D eigenvalue weighted by atomic mass is 10.2. The lowest BCUT2D eigenvalue weighted by Gasteiger charge is -1.95. The van der Waals surface area contributed by atoms with Crippen molar-refractivity contribution in [2.75, 3.05) is 5.75 Å². The van der Waals surface area contributed by atoms with Crippen LogP contribution in [0, 0.1) is 11.3 Å². The highest BCUT2D eigenvalue weighted by Crippen LogP contribution is 2.21. The number of hydrogen-bond donors (Lipinski definition) is 0. The molecule has 0 atom stereocenters. The number of nitrogens with zero attached hydrogens (tertiary/aromatic N) is 2. The molecule has 0 fully saturated rings. The van der Waals surface area contributed by atoms with E-state index in [0.29, 0.717) is 9.88 Å². The van der Waals surface area contributed by atoms with Gasteiger partial charge in [-0.25, -0.2) is 13.4 Å². The summed E-state index contributed by atoms with van der Waals surface area (Å²) in [5, 5.41) is 9.41. The Bertz CT molecular complexity index is 497. The van der Waals surface area contributed by atoms with Crippen molar-refractivity contribution < 1.29 is 8.42 Å². The summed E-state index contributed by atoms with van der Waals surface area (Å²) in [6.07, 6.45) is 1.63. The van der Waals surface area contributed by atoms with Gasteiger partial charge in [-0.1, -0.05) is 20.3 Å². The van der Waals surface area contributed by atoms with Gasteiger partial charge in [-0.05, 0) is 6.42 Å². The molecular formula is C10H14N2O2S2. The van der Waals surface area contributed by atoms with E-state index in [9.17, 15) is 8.42 Å². The molecule has 1 aromatic rings. The minimum Gasteiger partial charge on any atom is -0.244 e. The number of aryl methyl sites for hydroxylation is 1. The zero-order valence-corrected chi connectivity index (χ0v) is 11.0. The van der Waals surface area contributed by atoms with E-state index in [1.165, 1.54) is 11.3 Å². The average molecular weight is 258 g/mol. The van der Waals surface area contributed by atoms with Crippen molar-refractivity contribution in [1.29, 1.82) is 5.26 Å². The number of hydrogen-bond acceptors (Lipinski definition) is 5. The van der Waals surface area contributed by atoms with Crippen LogP contribution in [0.2, 0.25) is 0 Å². The van der Waals surface area contributed by atoms with Crippen molar-refractivity contribution in [3.63, 3.8) is 0 Å². The van der Waals surface area contributed by atoms with E-state index in [0.717, 1.165) is 18.5 Å². The Kier molecular flexibility index (Phi) is 4.44. The summed E-state index contributed by atoms with van der Waals surface area (Å²) in [7, 11) is -3.06. The highest BCUT2D eigenvalue weighted by molar-refractivity contribution is 7.90. The molecule has 4 nitrogen and oxygen atoms in total. The Hall–Kier alpha value is -0.930. The summed E-state index contributed by atoms with van der Waals surface area (Å²) < 4.78 is 22.8. The lowest BCUT2D eigenvalue weighted by Crippen LogP contribution is -2.06. The maximum absolute atomic E-state index is 11.4. The average Bonchev–Trinajstić information content (AvgIpc) is 2.60. The molecule has 0 N–H and O–H groups in total. The van der Waals surface area contributed by atoms with Crippen LogP contribution in [0.25, 0.3) is 0 Å². The number of thiazole rings is 1. The molecule has 16 heavy (non-hydrogen) atoms. The molecule has 0 unspecified atom stereocenters.